The number of aliphatic imine (C=N–C) groups is 1. The summed E-state index contributed by atoms with van der Waals surface area (Å²) in [6.07, 6.45) is 3.27. The molecule has 1 atom stereocenters. The van der Waals surface area contributed by atoms with E-state index >= 15 is 0 Å². The molecule has 0 radical (unpaired) electrons. The van der Waals surface area contributed by atoms with Crippen molar-refractivity contribution >= 4 is 23.1 Å². The number of nitrogens with zero attached hydrogens (tertiary/aromatic N) is 3. The van der Waals surface area contributed by atoms with Crippen LogP contribution in [0.2, 0.25) is 0 Å². The molecular formula is C21H31N5OS. The molecule has 28 heavy (non-hydrogen) atoms. The van der Waals surface area contributed by atoms with Crippen molar-refractivity contribution in [1.29, 1.82) is 0 Å². The molecule has 0 spiro atoms. The van der Waals surface area contributed by atoms with Crippen LogP contribution in [0.15, 0.2) is 35.5 Å². The summed E-state index contributed by atoms with van der Waals surface area (Å²) in [6.45, 7) is 11.1. The maximum absolute atomic E-state index is 5.60. The van der Waals surface area contributed by atoms with E-state index in [1.807, 2.05) is 17.5 Å². The second kappa shape index (κ2) is 10.4. The van der Waals surface area contributed by atoms with Crippen LogP contribution >= 0.6 is 11.3 Å². The minimum absolute atomic E-state index is 0.255. The van der Waals surface area contributed by atoms with Gasteiger partial charge in [-0.15, -0.1) is 11.3 Å². The smallest absolute Gasteiger partial charge is 0.191 e. The molecule has 1 unspecified atom stereocenters. The molecule has 0 saturated carbocycles. The quantitative estimate of drug-likeness (QED) is 0.551. The first kappa shape index (κ1) is 20.6. The largest absolute Gasteiger partial charge is 0.375 e. The summed E-state index contributed by atoms with van der Waals surface area (Å²) >= 11 is 1.85. The van der Waals surface area contributed by atoms with Crippen LogP contribution in [-0.2, 0) is 24.2 Å². The van der Waals surface area contributed by atoms with E-state index in [-0.39, 0.29) is 6.10 Å². The lowest BCUT2D eigenvalue weighted by Crippen LogP contribution is -2.41. The van der Waals surface area contributed by atoms with Gasteiger partial charge in [0.1, 0.15) is 5.82 Å². The second-order valence-electron chi connectivity index (χ2n) is 6.92. The first-order chi connectivity index (χ1) is 13.7. The molecule has 152 valence electrons. The van der Waals surface area contributed by atoms with E-state index in [1.165, 1.54) is 9.75 Å². The molecule has 1 aliphatic rings. The molecule has 3 rings (SSSR count). The van der Waals surface area contributed by atoms with Gasteiger partial charge in [0.2, 0.25) is 0 Å². The highest BCUT2D eigenvalue weighted by molar-refractivity contribution is 7.11. The summed E-state index contributed by atoms with van der Waals surface area (Å²) in [5.74, 6) is 1.84. The molecule has 3 heterocycles. The van der Waals surface area contributed by atoms with E-state index < -0.39 is 0 Å². The zero-order valence-corrected chi connectivity index (χ0v) is 17.9. The Hall–Kier alpha value is -2.12. The Balaban J connectivity index is 1.56. The van der Waals surface area contributed by atoms with Crippen LogP contribution in [-0.4, -0.2) is 43.3 Å². The van der Waals surface area contributed by atoms with Gasteiger partial charge in [-0.2, -0.15) is 0 Å². The average molecular weight is 402 g/mol. The van der Waals surface area contributed by atoms with Crippen LogP contribution in [0.4, 0.5) is 5.82 Å². The van der Waals surface area contributed by atoms with Crippen LogP contribution in [0.1, 0.15) is 36.1 Å². The lowest BCUT2D eigenvalue weighted by molar-refractivity contribution is 0.0529. The SMILES string of the molecule is CCNC(=NCc1ccc(N2CCOC(C)C2)nc1)NCc1ccc(CC)s1. The number of aryl methyl sites for hydroxylation is 1. The van der Waals surface area contributed by atoms with E-state index in [9.17, 15) is 0 Å². The van der Waals surface area contributed by atoms with Crippen molar-refractivity contribution in [2.45, 2.75) is 46.4 Å². The van der Waals surface area contributed by atoms with E-state index in [0.717, 1.165) is 56.5 Å². The zero-order valence-electron chi connectivity index (χ0n) is 17.1. The van der Waals surface area contributed by atoms with Gasteiger partial charge >= 0.3 is 0 Å². The summed E-state index contributed by atoms with van der Waals surface area (Å²) in [5, 5.41) is 6.73. The molecule has 1 aliphatic heterocycles. The maximum Gasteiger partial charge on any atom is 0.191 e. The van der Waals surface area contributed by atoms with Crippen molar-refractivity contribution in [2.75, 3.05) is 31.1 Å². The molecule has 7 heteroatoms. The summed E-state index contributed by atoms with van der Waals surface area (Å²) < 4.78 is 5.60. The molecule has 1 fully saturated rings. The number of guanidine groups is 1. The number of thiophene rings is 1. The number of anilines is 1. The number of hydrogen-bond donors (Lipinski definition) is 2. The van der Waals surface area contributed by atoms with Crippen molar-refractivity contribution < 1.29 is 4.74 Å². The Morgan fingerprint density at radius 1 is 1.25 bits per heavy atom. The second-order valence-corrected chi connectivity index (χ2v) is 8.18. The fraction of sp³-hybridized carbons (Fsp3) is 0.524. The third-order valence-corrected chi connectivity index (χ3v) is 5.86. The van der Waals surface area contributed by atoms with Gasteiger partial charge in [-0.3, -0.25) is 0 Å². The Labute approximate surface area is 172 Å². The highest BCUT2D eigenvalue weighted by Crippen LogP contribution is 2.17. The van der Waals surface area contributed by atoms with Gasteiger partial charge in [0.15, 0.2) is 5.96 Å². The monoisotopic (exact) mass is 401 g/mol. The Morgan fingerprint density at radius 3 is 2.79 bits per heavy atom. The fourth-order valence-electron chi connectivity index (χ4n) is 3.11. The van der Waals surface area contributed by atoms with Crippen LogP contribution in [0.25, 0.3) is 0 Å². The number of hydrogen-bond acceptors (Lipinski definition) is 5. The van der Waals surface area contributed by atoms with Crippen LogP contribution in [0.5, 0.6) is 0 Å². The summed E-state index contributed by atoms with van der Waals surface area (Å²) in [6, 6.07) is 8.59. The average Bonchev–Trinajstić information content (AvgIpc) is 3.19. The van der Waals surface area contributed by atoms with Crippen molar-refractivity contribution in [3.63, 3.8) is 0 Å². The molecule has 0 aromatic carbocycles. The first-order valence-corrected chi connectivity index (χ1v) is 10.9. The van der Waals surface area contributed by atoms with Gasteiger partial charge in [-0.25, -0.2) is 9.98 Å². The normalized spacial score (nSPS) is 17.6. The molecule has 2 aromatic rings. The standard InChI is InChI=1S/C21H31N5OS/c1-4-18-7-8-19(28-18)14-25-21(22-5-2)24-13-17-6-9-20(23-12-17)26-10-11-27-16(3)15-26/h6-9,12,16H,4-5,10-11,13-15H2,1-3H3,(H2,22,24,25). The molecule has 6 nitrogen and oxygen atoms in total. The van der Waals surface area contributed by atoms with Gasteiger partial charge in [0, 0.05) is 35.6 Å². The van der Waals surface area contributed by atoms with Gasteiger partial charge in [-0.1, -0.05) is 13.0 Å². The third-order valence-electron chi connectivity index (χ3n) is 4.63. The minimum atomic E-state index is 0.255. The number of morpholine rings is 1. The topological polar surface area (TPSA) is 61.8 Å². The van der Waals surface area contributed by atoms with Crippen molar-refractivity contribution in [2.24, 2.45) is 4.99 Å². The van der Waals surface area contributed by atoms with E-state index in [4.69, 9.17) is 9.73 Å². The van der Waals surface area contributed by atoms with E-state index in [2.05, 4.69) is 65.6 Å². The van der Waals surface area contributed by atoms with E-state index in [1.54, 1.807) is 0 Å². The van der Waals surface area contributed by atoms with Crippen LogP contribution in [0, 0.1) is 0 Å². The highest BCUT2D eigenvalue weighted by Gasteiger charge is 2.17. The molecule has 2 aromatic heterocycles. The van der Waals surface area contributed by atoms with Crippen molar-refractivity contribution in [3.05, 3.63) is 45.8 Å². The first-order valence-electron chi connectivity index (χ1n) is 10.1. The lowest BCUT2D eigenvalue weighted by Gasteiger charge is -2.32. The van der Waals surface area contributed by atoms with E-state index in [0.29, 0.717) is 6.54 Å². The Bertz CT molecular complexity index is 758. The Kier molecular flexibility index (Phi) is 7.68. The molecular weight excluding hydrogens is 370 g/mol. The predicted molar refractivity (Wildman–Crippen MR) is 117 cm³/mol. The number of aromatic nitrogens is 1. The van der Waals surface area contributed by atoms with Gasteiger partial charge < -0.3 is 20.3 Å². The maximum atomic E-state index is 5.60. The van der Waals surface area contributed by atoms with Gasteiger partial charge in [0.25, 0.3) is 0 Å². The number of ether oxygens (including phenoxy) is 1. The molecule has 0 bridgehead atoms. The number of pyridine rings is 1. The van der Waals surface area contributed by atoms with Gasteiger partial charge in [0.05, 0.1) is 25.8 Å². The van der Waals surface area contributed by atoms with Crippen molar-refractivity contribution in [3.8, 4) is 0 Å². The van der Waals surface area contributed by atoms with Gasteiger partial charge in [-0.05, 0) is 44.0 Å². The highest BCUT2D eigenvalue weighted by atomic mass is 32.1. The van der Waals surface area contributed by atoms with Crippen LogP contribution in [0.3, 0.4) is 0 Å². The third kappa shape index (κ3) is 5.94. The fourth-order valence-corrected chi connectivity index (χ4v) is 4.01. The lowest BCUT2D eigenvalue weighted by atomic mass is 10.2. The van der Waals surface area contributed by atoms with Crippen LogP contribution < -0.4 is 15.5 Å². The molecule has 0 amide bonds. The molecule has 2 N–H and O–H groups in total. The zero-order chi connectivity index (χ0) is 19.8. The Morgan fingerprint density at radius 2 is 2.11 bits per heavy atom. The summed E-state index contributed by atoms with van der Waals surface area (Å²) in [7, 11) is 0. The van der Waals surface area contributed by atoms with Crippen molar-refractivity contribution in [1.82, 2.24) is 15.6 Å². The minimum Gasteiger partial charge on any atom is -0.375 e. The summed E-state index contributed by atoms with van der Waals surface area (Å²) in [5.41, 5.74) is 1.10. The number of nitrogens with one attached hydrogen (secondary N) is 2. The number of rotatable bonds is 7. The predicted octanol–water partition coefficient (Wildman–Crippen LogP) is 3.19. The summed E-state index contributed by atoms with van der Waals surface area (Å²) in [4.78, 5) is 14.4. The molecule has 1 saturated heterocycles. The molecule has 0 aliphatic carbocycles.